The van der Waals surface area contributed by atoms with Crippen molar-refractivity contribution in [1.29, 1.82) is 0 Å². The van der Waals surface area contributed by atoms with Gasteiger partial charge in [-0.05, 0) is 25.2 Å². The molecule has 74 valence electrons. The molecule has 0 saturated carbocycles. The molecule has 0 bridgehead atoms. The Balaban J connectivity index is 3.95. The molecule has 12 heavy (non-hydrogen) atoms. The highest BCUT2D eigenvalue weighted by molar-refractivity contribution is 8.67. The highest BCUT2D eigenvalue weighted by Gasteiger charge is 2.19. The van der Waals surface area contributed by atoms with Crippen LogP contribution < -0.4 is 0 Å². The molecule has 0 aromatic rings. The van der Waals surface area contributed by atoms with Crippen molar-refractivity contribution in [2.45, 2.75) is 45.5 Å². The molecule has 5 heteroatoms. The van der Waals surface area contributed by atoms with E-state index >= 15 is 0 Å². The van der Waals surface area contributed by atoms with E-state index < -0.39 is 5.69 Å². The first kappa shape index (κ1) is 12.9. The first-order chi connectivity index (χ1) is 5.37. The van der Waals surface area contributed by atoms with Gasteiger partial charge in [-0.3, -0.25) is 0 Å². The van der Waals surface area contributed by atoms with Crippen LogP contribution in [0.4, 0.5) is 0 Å². The average Bonchev–Trinajstić information content (AvgIpc) is 1.83. The summed E-state index contributed by atoms with van der Waals surface area (Å²) in [6, 6.07) is 0. The molecule has 0 saturated heterocycles. The first-order valence-corrected chi connectivity index (χ1v) is 8.22. The van der Waals surface area contributed by atoms with Gasteiger partial charge in [0.05, 0.1) is 6.10 Å². The quantitative estimate of drug-likeness (QED) is 0.732. The summed E-state index contributed by atoms with van der Waals surface area (Å²) < 4.78 is 5.34. The van der Waals surface area contributed by atoms with Gasteiger partial charge in [0, 0.05) is 5.25 Å². The molecule has 0 amide bonds. The first-order valence-electron chi connectivity index (χ1n) is 4.07. The van der Waals surface area contributed by atoms with Crippen LogP contribution in [-0.2, 0) is 16.3 Å². The smallest absolute Gasteiger partial charge is 0.245 e. The molecule has 0 heterocycles. The molecule has 0 aliphatic carbocycles. The maximum atomic E-state index is 9.65. The van der Waals surface area contributed by atoms with Gasteiger partial charge in [0.1, 0.15) is 0 Å². The Hall–Kier alpha value is 0.920. The number of rotatable bonds is 5. The SMILES string of the molecule is CCC(C)OP(O)(=S)SC(C)C. The third kappa shape index (κ3) is 6.44. The van der Waals surface area contributed by atoms with E-state index in [9.17, 15) is 4.89 Å². The van der Waals surface area contributed by atoms with E-state index in [0.29, 0.717) is 5.25 Å². The zero-order chi connectivity index (χ0) is 9.78. The Morgan fingerprint density at radius 3 is 2.33 bits per heavy atom. The van der Waals surface area contributed by atoms with Crippen molar-refractivity contribution < 1.29 is 9.42 Å². The third-order valence-electron chi connectivity index (χ3n) is 1.23. The third-order valence-corrected chi connectivity index (χ3v) is 5.90. The predicted molar refractivity (Wildman–Crippen MR) is 60.1 cm³/mol. The van der Waals surface area contributed by atoms with E-state index in [0.717, 1.165) is 6.42 Å². The Labute approximate surface area is 84.0 Å². The van der Waals surface area contributed by atoms with Gasteiger partial charge in [-0.2, -0.15) is 0 Å². The number of hydrogen-bond acceptors (Lipinski definition) is 3. The summed E-state index contributed by atoms with van der Waals surface area (Å²) >= 11 is 6.33. The molecule has 0 rings (SSSR count). The van der Waals surface area contributed by atoms with E-state index in [1.54, 1.807) is 0 Å². The van der Waals surface area contributed by atoms with Crippen molar-refractivity contribution in [2.75, 3.05) is 0 Å². The van der Waals surface area contributed by atoms with Crippen LogP contribution in [0.5, 0.6) is 0 Å². The Bertz CT molecular complexity index is 173. The second-order valence-electron chi connectivity index (χ2n) is 2.95. The number of hydrogen-bond donors (Lipinski definition) is 1. The molecule has 2 unspecified atom stereocenters. The van der Waals surface area contributed by atoms with Crippen LogP contribution in [0.3, 0.4) is 0 Å². The monoisotopic (exact) mass is 228 g/mol. The van der Waals surface area contributed by atoms with Gasteiger partial charge < -0.3 is 9.42 Å². The fourth-order valence-corrected chi connectivity index (χ4v) is 5.96. The van der Waals surface area contributed by atoms with Gasteiger partial charge in [0.2, 0.25) is 5.69 Å². The van der Waals surface area contributed by atoms with Crippen LogP contribution in [0.25, 0.3) is 0 Å². The fraction of sp³-hybridized carbons (Fsp3) is 1.00. The van der Waals surface area contributed by atoms with Crippen LogP contribution in [0.2, 0.25) is 0 Å². The average molecular weight is 228 g/mol. The minimum Gasteiger partial charge on any atom is -0.337 e. The predicted octanol–water partition coefficient (Wildman–Crippen LogP) is 3.16. The zero-order valence-corrected chi connectivity index (χ0v) is 10.5. The summed E-state index contributed by atoms with van der Waals surface area (Å²) in [7, 11) is 0. The molecule has 0 aromatic heterocycles. The van der Waals surface area contributed by atoms with Crippen LogP contribution >= 0.6 is 17.1 Å². The van der Waals surface area contributed by atoms with Crippen molar-refractivity contribution >= 4 is 28.9 Å². The molecule has 2 nitrogen and oxygen atoms in total. The normalized spacial score (nSPS) is 19.2. The van der Waals surface area contributed by atoms with Crippen molar-refractivity contribution in [1.82, 2.24) is 0 Å². The van der Waals surface area contributed by atoms with Crippen molar-refractivity contribution in [3.63, 3.8) is 0 Å². The van der Waals surface area contributed by atoms with Crippen molar-refractivity contribution in [2.24, 2.45) is 0 Å². The van der Waals surface area contributed by atoms with E-state index in [2.05, 4.69) is 0 Å². The lowest BCUT2D eigenvalue weighted by Gasteiger charge is -2.20. The molecule has 0 fully saturated rings. The minimum absolute atomic E-state index is 0.0621. The van der Waals surface area contributed by atoms with Crippen LogP contribution in [0, 0.1) is 0 Å². The van der Waals surface area contributed by atoms with Crippen molar-refractivity contribution in [3.8, 4) is 0 Å². The largest absolute Gasteiger partial charge is 0.337 e. The van der Waals surface area contributed by atoms with Crippen LogP contribution in [-0.4, -0.2) is 16.2 Å². The molecule has 0 spiro atoms. The Morgan fingerprint density at radius 2 is 2.00 bits per heavy atom. The van der Waals surface area contributed by atoms with E-state index in [-0.39, 0.29) is 6.10 Å². The summed E-state index contributed by atoms with van der Waals surface area (Å²) in [6.07, 6.45) is 0.949. The standard InChI is InChI=1S/C7H17O2PS2/c1-5-7(4)9-10(8,11)12-6(2)3/h6-7H,5H2,1-4H3,(H,8,11). The molecule has 0 aliphatic heterocycles. The van der Waals surface area contributed by atoms with E-state index in [1.165, 1.54) is 11.4 Å². The van der Waals surface area contributed by atoms with Crippen molar-refractivity contribution in [3.05, 3.63) is 0 Å². The molecule has 0 aromatic carbocycles. The Morgan fingerprint density at radius 1 is 1.50 bits per heavy atom. The van der Waals surface area contributed by atoms with Gasteiger partial charge >= 0.3 is 0 Å². The lowest BCUT2D eigenvalue weighted by atomic mass is 10.3. The van der Waals surface area contributed by atoms with Gasteiger partial charge in [0.25, 0.3) is 0 Å². The molecule has 0 radical (unpaired) electrons. The second kappa shape index (κ2) is 5.61. The van der Waals surface area contributed by atoms with Gasteiger partial charge in [-0.15, -0.1) is 0 Å². The lowest BCUT2D eigenvalue weighted by molar-refractivity contribution is 0.224. The van der Waals surface area contributed by atoms with E-state index in [1.807, 2.05) is 27.7 Å². The van der Waals surface area contributed by atoms with Crippen LogP contribution in [0.15, 0.2) is 0 Å². The van der Waals surface area contributed by atoms with Gasteiger partial charge in [-0.25, -0.2) is 0 Å². The molecule has 0 aliphatic rings. The highest BCUT2D eigenvalue weighted by atomic mass is 32.9. The summed E-state index contributed by atoms with van der Waals surface area (Å²) in [5.74, 6) is 0. The highest BCUT2D eigenvalue weighted by Crippen LogP contribution is 2.58. The second-order valence-corrected chi connectivity index (χ2v) is 9.54. The molecule has 2 atom stereocenters. The van der Waals surface area contributed by atoms with E-state index in [4.69, 9.17) is 16.3 Å². The maximum absolute atomic E-state index is 9.65. The van der Waals surface area contributed by atoms with Crippen LogP contribution in [0.1, 0.15) is 34.1 Å². The maximum Gasteiger partial charge on any atom is 0.245 e. The minimum atomic E-state index is -2.57. The molecular formula is C7H17O2PS2. The zero-order valence-electron chi connectivity index (χ0n) is 7.98. The Kier molecular flexibility index (Phi) is 6.04. The summed E-state index contributed by atoms with van der Waals surface area (Å²) in [6.45, 7) is 7.95. The topological polar surface area (TPSA) is 29.5 Å². The fourth-order valence-electron chi connectivity index (χ4n) is 0.593. The summed E-state index contributed by atoms with van der Waals surface area (Å²) in [4.78, 5) is 9.65. The van der Waals surface area contributed by atoms with Gasteiger partial charge in [-0.1, -0.05) is 32.2 Å². The van der Waals surface area contributed by atoms with Gasteiger partial charge in [0.15, 0.2) is 0 Å². The summed E-state index contributed by atoms with van der Waals surface area (Å²) in [5.41, 5.74) is -2.57. The molecular weight excluding hydrogens is 211 g/mol. The summed E-state index contributed by atoms with van der Waals surface area (Å²) in [5, 5.41) is 0.324. The lowest BCUT2D eigenvalue weighted by Crippen LogP contribution is -2.03. The molecule has 1 N–H and O–H groups in total.